The quantitative estimate of drug-likeness (QED) is 0.300. The van der Waals surface area contributed by atoms with Gasteiger partial charge in [0.1, 0.15) is 17.3 Å². The molecule has 6 nitrogen and oxygen atoms in total. The van der Waals surface area contributed by atoms with Gasteiger partial charge in [0.15, 0.2) is 0 Å². The summed E-state index contributed by atoms with van der Waals surface area (Å²) in [6, 6.07) is 13.6. The average Bonchev–Trinajstić information content (AvgIpc) is 3.06. The van der Waals surface area contributed by atoms with E-state index in [0.29, 0.717) is 42.7 Å². The molecule has 176 valence electrons. The van der Waals surface area contributed by atoms with Crippen molar-refractivity contribution in [2.24, 2.45) is 5.92 Å². The van der Waals surface area contributed by atoms with Crippen molar-refractivity contribution in [1.82, 2.24) is 4.90 Å². The monoisotopic (exact) mass is 451 g/mol. The summed E-state index contributed by atoms with van der Waals surface area (Å²) in [5.74, 6) is 0.367. The number of hydrogen-bond donors (Lipinski definition) is 1. The van der Waals surface area contributed by atoms with Crippen LogP contribution in [0.25, 0.3) is 5.76 Å². The van der Waals surface area contributed by atoms with Crippen LogP contribution in [0.1, 0.15) is 57.7 Å². The van der Waals surface area contributed by atoms with Crippen molar-refractivity contribution < 1.29 is 24.2 Å². The smallest absolute Gasteiger partial charge is 0.295 e. The van der Waals surface area contributed by atoms with Crippen LogP contribution in [0.2, 0.25) is 0 Å². The number of amides is 1. The van der Waals surface area contributed by atoms with E-state index in [2.05, 4.69) is 13.8 Å². The first-order chi connectivity index (χ1) is 15.9. The number of carbonyl (C=O) groups excluding carboxylic acids is 2. The fraction of sp³-hybridized carbons (Fsp3) is 0.407. The van der Waals surface area contributed by atoms with Gasteiger partial charge in [-0.3, -0.25) is 9.59 Å². The van der Waals surface area contributed by atoms with Gasteiger partial charge in [-0.1, -0.05) is 39.3 Å². The molecule has 1 aliphatic heterocycles. The molecule has 1 saturated heterocycles. The summed E-state index contributed by atoms with van der Waals surface area (Å²) in [6.07, 6.45) is 1.65. The summed E-state index contributed by atoms with van der Waals surface area (Å²) in [4.78, 5) is 27.5. The SMILES string of the molecule is CCCCN1C(=O)C(=O)/C(=C(\O)c2ccc(OCC(C)C)cc2)C1c1ccc(OCC)cc1. The number of likely N-dealkylation sites (tertiary alicyclic amines) is 1. The molecule has 1 aliphatic rings. The molecule has 1 atom stereocenters. The first-order valence-electron chi connectivity index (χ1n) is 11.6. The molecule has 33 heavy (non-hydrogen) atoms. The van der Waals surface area contributed by atoms with Crippen molar-refractivity contribution in [1.29, 1.82) is 0 Å². The molecule has 1 amide bonds. The van der Waals surface area contributed by atoms with Crippen molar-refractivity contribution in [2.45, 2.75) is 46.6 Å². The zero-order valence-electron chi connectivity index (χ0n) is 19.8. The molecule has 1 unspecified atom stereocenters. The van der Waals surface area contributed by atoms with Crippen LogP contribution in [0.5, 0.6) is 11.5 Å². The molecule has 6 heteroatoms. The normalized spacial score (nSPS) is 17.6. The van der Waals surface area contributed by atoms with Gasteiger partial charge in [0.2, 0.25) is 0 Å². The minimum atomic E-state index is -0.664. The van der Waals surface area contributed by atoms with Crippen LogP contribution in [0.4, 0.5) is 0 Å². The van der Waals surface area contributed by atoms with E-state index in [4.69, 9.17) is 9.47 Å². The van der Waals surface area contributed by atoms with E-state index in [9.17, 15) is 14.7 Å². The predicted molar refractivity (Wildman–Crippen MR) is 128 cm³/mol. The molecular formula is C27H33NO5. The summed E-state index contributed by atoms with van der Waals surface area (Å²) in [5, 5.41) is 11.1. The number of benzene rings is 2. The Hall–Kier alpha value is -3.28. The van der Waals surface area contributed by atoms with E-state index in [1.807, 2.05) is 38.1 Å². The first kappa shape index (κ1) is 24.4. The van der Waals surface area contributed by atoms with Gasteiger partial charge >= 0.3 is 0 Å². The third-order valence-electron chi connectivity index (χ3n) is 5.51. The van der Waals surface area contributed by atoms with Crippen molar-refractivity contribution in [3.63, 3.8) is 0 Å². The Bertz CT molecular complexity index is 992. The standard InChI is InChI=1S/C27H33NO5/c1-5-7-16-28-24(19-8-12-21(13-9-19)32-6-2)23(26(30)27(28)31)25(29)20-10-14-22(15-11-20)33-17-18(3)4/h8-15,18,24,29H,5-7,16-17H2,1-4H3/b25-23-. The highest BCUT2D eigenvalue weighted by Crippen LogP contribution is 2.40. The average molecular weight is 452 g/mol. The lowest BCUT2D eigenvalue weighted by molar-refractivity contribution is -0.139. The fourth-order valence-electron chi connectivity index (χ4n) is 3.83. The molecule has 0 bridgehead atoms. The Morgan fingerprint density at radius 1 is 0.970 bits per heavy atom. The van der Waals surface area contributed by atoms with Crippen LogP contribution in [0.3, 0.4) is 0 Å². The number of rotatable bonds is 10. The van der Waals surface area contributed by atoms with E-state index >= 15 is 0 Å². The fourth-order valence-corrected chi connectivity index (χ4v) is 3.83. The number of ether oxygens (including phenoxy) is 2. The van der Waals surface area contributed by atoms with Gasteiger partial charge in [0, 0.05) is 12.1 Å². The van der Waals surface area contributed by atoms with E-state index in [1.54, 1.807) is 29.2 Å². The molecule has 0 aromatic heterocycles. The predicted octanol–water partition coefficient (Wildman–Crippen LogP) is 5.34. The van der Waals surface area contributed by atoms with Gasteiger partial charge in [-0.25, -0.2) is 0 Å². The Morgan fingerprint density at radius 2 is 1.58 bits per heavy atom. The highest BCUT2D eigenvalue weighted by Gasteiger charge is 2.45. The second-order valence-electron chi connectivity index (χ2n) is 8.58. The van der Waals surface area contributed by atoms with Crippen molar-refractivity contribution >= 4 is 17.4 Å². The van der Waals surface area contributed by atoms with Crippen LogP contribution in [-0.2, 0) is 9.59 Å². The van der Waals surface area contributed by atoms with Crippen molar-refractivity contribution in [2.75, 3.05) is 19.8 Å². The summed E-state index contributed by atoms with van der Waals surface area (Å²) < 4.78 is 11.2. The highest BCUT2D eigenvalue weighted by molar-refractivity contribution is 6.46. The molecular weight excluding hydrogens is 418 g/mol. The number of unbranched alkanes of at least 4 members (excludes halogenated alkanes) is 1. The second-order valence-corrected chi connectivity index (χ2v) is 8.58. The number of aliphatic hydroxyl groups excluding tert-OH is 1. The molecule has 2 aromatic carbocycles. The molecule has 1 N–H and O–H groups in total. The lowest BCUT2D eigenvalue weighted by Gasteiger charge is -2.25. The number of ketones is 1. The minimum Gasteiger partial charge on any atom is -0.507 e. The van der Waals surface area contributed by atoms with Crippen LogP contribution in [0.15, 0.2) is 54.1 Å². The van der Waals surface area contributed by atoms with Crippen molar-refractivity contribution in [3.8, 4) is 11.5 Å². The zero-order chi connectivity index (χ0) is 24.0. The van der Waals surface area contributed by atoms with Crippen LogP contribution in [0, 0.1) is 5.92 Å². The Labute approximate surface area is 195 Å². The van der Waals surface area contributed by atoms with Crippen LogP contribution < -0.4 is 9.47 Å². The Kier molecular flexibility index (Phi) is 8.15. The zero-order valence-corrected chi connectivity index (χ0v) is 19.8. The molecule has 0 aliphatic carbocycles. The molecule has 0 spiro atoms. The van der Waals surface area contributed by atoms with Gasteiger partial charge < -0.3 is 19.5 Å². The largest absolute Gasteiger partial charge is 0.507 e. The van der Waals surface area contributed by atoms with E-state index in [-0.39, 0.29) is 11.3 Å². The van der Waals surface area contributed by atoms with Crippen LogP contribution >= 0.6 is 0 Å². The maximum atomic E-state index is 13.0. The van der Waals surface area contributed by atoms with E-state index in [1.165, 1.54) is 0 Å². The summed E-state index contributed by atoms with van der Waals surface area (Å²) in [7, 11) is 0. The molecule has 0 saturated carbocycles. The Morgan fingerprint density at radius 3 is 2.15 bits per heavy atom. The van der Waals surface area contributed by atoms with E-state index < -0.39 is 17.7 Å². The van der Waals surface area contributed by atoms with Crippen LogP contribution in [-0.4, -0.2) is 41.5 Å². The maximum absolute atomic E-state index is 13.0. The maximum Gasteiger partial charge on any atom is 0.295 e. The molecule has 2 aromatic rings. The van der Waals surface area contributed by atoms with E-state index in [0.717, 1.165) is 18.4 Å². The molecule has 1 heterocycles. The number of aliphatic hydroxyl groups is 1. The molecule has 0 radical (unpaired) electrons. The molecule has 3 rings (SSSR count). The number of hydrogen-bond acceptors (Lipinski definition) is 5. The second kappa shape index (κ2) is 11.0. The number of nitrogens with zero attached hydrogens (tertiary/aromatic N) is 1. The first-order valence-corrected chi connectivity index (χ1v) is 11.6. The number of carbonyl (C=O) groups is 2. The third-order valence-corrected chi connectivity index (χ3v) is 5.51. The topological polar surface area (TPSA) is 76.1 Å². The van der Waals surface area contributed by atoms with Gasteiger partial charge in [0.05, 0.1) is 24.8 Å². The highest BCUT2D eigenvalue weighted by atomic mass is 16.5. The van der Waals surface area contributed by atoms with Gasteiger partial charge in [-0.05, 0) is 61.2 Å². The third kappa shape index (κ3) is 5.56. The number of Topliss-reactive ketones (excluding diaryl/α,β-unsaturated/α-hetero) is 1. The molecule has 1 fully saturated rings. The van der Waals surface area contributed by atoms with Gasteiger partial charge in [0.25, 0.3) is 11.7 Å². The minimum absolute atomic E-state index is 0.108. The summed E-state index contributed by atoms with van der Waals surface area (Å²) in [6.45, 7) is 9.66. The summed E-state index contributed by atoms with van der Waals surface area (Å²) in [5.41, 5.74) is 1.33. The van der Waals surface area contributed by atoms with Gasteiger partial charge in [-0.15, -0.1) is 0 Å². The Balaban J connectivity index is 2.01. The lowest BCUT2D eigenvalue weighted by atomic mass is 9.95. The van der Waals surface area contributed by atoms with Crippen molar-refractivity contribution in [3.05, 3.63) is 65.2 Å². The lowest BCUT2D eigenvalue weighted by Crippen LogP contribution is -2.30. The van der Waals surface area contributed by atoms with Gasteiger partial charge in [-0.2, -0.15) is 0 Å². The summed E-state index contributed by atoms with van der Waals surface area (Å²) >= 11 is 0.